The highest BCUT2D eigenvalue weighted by Gasteiger charge is 2.39. The molecule has 1 saturated heterocycles. The predicted octanol–water partition coefficient (Wildman–Crippen LogP) is 4.01. The number of hydrogen-bond donors (Lipinski definition) is 1. The molecular formula is C25H25F3N10O2S. The van der Waals surface area contributed by atoms with Gasteiger partial charge in [0.05, 0.1) is 11.0 Å². The van der Waals surface area contributed by atoms with Crippen LogP contribution in [0.3, 0.4) is 0 Å². The van der Waals surface area contributed by atoms with E-state index in [4.69, 9.17) is 4.52 Å². The van der Waals surface area contributed by atoms with E-state index in [0.29, 0.717) is 75.9 Å². The molecule has 1 amide bonds. The van der Waals surface area contributed by atoms with Crippen LogP contribution < -0.4 is 4.90 Å². The number of halogens is 3. The quantitative estimate of drug-likeness (QED) is 0.324. The number of nitrogens with zero attached hydrogens (tertiary/aromatic N) is 9. The fourth-order valence-corrected chi connectivity index (χ4v) is 5.89. The number of piperazine rings is 1. The van der Waals surface area contributed by atoms with Crippen molar-refractivity contribution in [3.05, 3.63) is 40.7 Å². The minimum absolute atomic E-state index is 0.0471. The fourth-order valence-electron chi connectivity index (χ4n) is 4.92. The number of aryl methyl sites for hydroxylation is 3. The third-order valence-corrected chi connectivity index (χ3v) is 7.99. The predicted molar refractivity (Wildman–Crippen MR) is 143 cm³/mol. The van der Waals surface area contributed by atoms with Gasteiger partial charge in [-0.25, -0.2) is 19.6 Å². The zero-order chi connectivity index (χ0) is 29.1. The van der Waals surface area contributed by atoms with Crippen LogP contribution in [0.2, 0.25) is 0 Å². The molecule has 4 aromatic heterocycles. The summed E-state index contributed by atoms with van der Waals surface area (Å²) in [6, 6.07) is 5.00. The number of alkyl halides is 3. The molecule has 12 nitrogen and oxygen atoms in total. The molecule has 5 aromatic rings. The van der Waals surface area contributed by atoms with Gasteiger partial charge in [0.25, 0.3) is 0 Å². The lowest BCUT2D eigenvalue weighted by Crippen LogP contribution is -2.54. The first kappa shape index (κ1) is 26.9. The molecular weight excluding hydrogens is 561 g/mol. The summed E-state index contributed by atoms with van der Waals surface area (Å²) in [6.07, 6.45) is -4.62. The Balaban J connectivity index is 1.28. The molecule has 5 heterocycles. The first-order valence-corrected chi connectivity index (χ1v) is 13.6. The number of amides is 1. The number of thiazole rings is 1. The van der Waals surface area contributed by atoms with E-state index in [1.807, 2.05) is 11.8 Å². The number of nitrogens with one attached hydrogen (secondary N) is 1. The van der Waals surface area contributed by atoms with Crippen molar-refractivity contribution in [2.24, 2.45) is 0 Å². The highest BCUT2D eigenvalue weighted by atomic mass is 32.1. The lowest BCUT2D eigenvalue weighted by molar-refractivity contribution is -0.137. The lowest BCUT2D eigenvalue weighted by atomic mass is 10.2. The Labute approximate surface area is 235 Å². The molecule has 0 aliphatic carbocycles. The van der Waals surface area contributed by atoms with Crippen LogP contribution in [0.4, 0.5) is 18.2 Å². The molecule has 6 rings (SSSR count). The molecule has 214 valence electrons. The summed E-state index contributed by atoms with van der Waals surface area (Å²) >= 11 is 0.571. The number of carbonyl (C=O) groups excluding carboxylic acids is 1. The molecule has 1 aliphatic heterocycles. The van der Waals surface area contributed by atoms with Crippen LogP contribution in [0, 0.1) is 20.8 Å². The molecule has 1 atom stereocenters. The Kier molecular flexibility index (Phi) is 6.51. The highest BCUT2D eigenvalue weighted by molar-refractivity contribution is 7.16. The van der Waals surface area contributed by atoms with Crippen molar-refractivity contribution in [1.82, 2.24) is 44.8 Å². The number of carbonyl (C=O) groups is 1. The van der Waals surface area contributed by atoms with E-state index >= 15 is 0 Å². The van der Waals surface area contributed by atoms with Gasteiger partial charge in [-0.2, -0.15) is 23.3 Å². The largest absolute Gasteiger partial charge is 0.443 e. The van der Waals surface area contributed by atoms with Crippen molar-refractivity contribution in [1.29, 1.82) is 0 Å². The number of aromatic amines is 1. The average molecular weight is 587 g/mol. The highest BCUT2D eigenvalue weighted by Crippen LogP contribution is 2.43. The summed E-state index contributed by atoms with van der Waals surface area (Å²) in [7, 11) is 0. The Morgan fingerprint density at radius 3 is 2.61 bits per heavy atom. The number of imidazole rings is 1. The molecule has 0 spiro atoms. The van der Waals surface area contributed by atoms with Gasteiger partial charge in [0, 0.05) is 38.2 Å². The molecule has 1 aromatic carbocycles. The molecule has 16 heteroatoms. The van der Waals surface area contributed by atoms with Crippen LogP contribution >= 0.6 is 11.3 Å². The van der Waals surface area contributed by atoms with Gasteiger partial charge < -0.3 is 19.3 Å². The van der Waals surface area contributed by atoms with E-state index in [0.717, 1.165) is 0 Å². The standard InChI is InChI=1S/C25H25F3N10O2S/c1-12-10-36(7-8-37(12)19(39)11-38-14(3)29-13(2)34-38)23-20(33-24(41-23)25(26,27)28)22-31-17-6-5-16(9-18(17)32-22)21-30-15(4)40-35-21/h5-6,9,12H,7-8,10-11H2,1-4H3,(H,31,32)/t12-/m1/s1. The molecule has 1 aliphatic rings. The van der Waals surface area contributed by atoms with Gasteiger partial charge in [-0.05, 0) is 39.0 Å². The van der Waals surface area contributed by atoms with E-state index < -0.39 is 11.2 Å². The fraction of sp³-hybridized carbons (Fsp3) is 0.400. The molecule has 0 radical (unpaired) electrons. The second-order valence-corrected chi connectivity index (χ2v) is 10.8. The van der Waals surface area contributed by atoms with Crippen LogP contribution in [0.25, 0.3) is 33.9 Å². The summed E-state index contributed by atoms with van der Waals surface area (Å²) in [5.74, 6) is 2.11. The summed E-state index contributed by atoms with van der Waals surface area (Å²) in [6.45, 7) is 8.13. The minimum Gasteiger partial charge on any atom is -0.358 e. The van der Waals surface area contributed by atoms with Gasteiger partial charge in [-0.15, -0.1) is 0 Å². The van der Waals surface area contributed by atoms with Crippen molar-refractivity contribution in [2.75, 3.05) is 24.5 Å². The molecule has 0 saturated carbocycles. The number of H-pyrrole nitrogens is 1. The van der Waals surface area contributed by atoms with E-state index in [1.54, 1.807) is 48.6 Å². The summed E-state index contributed by atoms with van der Waals surface area (Å²) in [5.41, 5.74) is 1.93. The van der Waals surface area contributed by atoms with Gasteiger partial charge >= 0.3 is 6.18 Å². The third-order valence-electron chi connectivity index (χ3n) is 6.83. The second-order valence-electron chi connectivity index (χ2n) is 9.87. The second kappa shape index (κ2) is 9.94. The van der Waals surface area contributed by atoms with Crippen LogP contribution in [0.15, 0.2) is 22.7 Å². The third kappa shape index (κ3) is 5.14. The van der Waals surface area contributed by atoms with Gasteiger partial charge in [0.1, 0.15) is 28.9 Å². The maximum atomic E-state index is 13.8. The Bertz CT molecular complexity index is 1750. The Morgan fingerprint density at radius 1 is 1.15 bits per heavy atom. The zero-order valence-corrected chi connectivity index (χ0v) is 23.3. The van der Waals surface area contributed by atoms with E-state index in [9.17, 15) is 18.0 Å². The first-order valence-electron chi connectivity index (χ1n) is 12.8. The van der Waals surface area contributed by atoms with Crippen LogP contribution in [0.5, 0.6) is 0 Å². The molecule has 0 bridgehead atoms. The summed E-state index contributed by atoms with van der Waals surface area (Å²) in [4.78, 5) is 36.7. The van der Waals surface area contributed by atoms with Crippen LogP contribution in [0.1, 0.15) is 29.5 Å². The SMILES string of the molecule is Cc1nc(C)n(CC(=O)N2CCN(c3sc(C(F)(F)F)nc3-c3nc4ccc(-c5noc(C)n5)cc4[nH]3)C[C@H]2C)n1. The lowest BCUT2D eigenvalue weighted by Gasteiger charge is -2.40. The first-order chi connectivity index (χ1) is 19.5. The minimum atomic E-state index is -4.62. The maximum Gasteiger partial charge on any atom is 0.443 e. The Hall–Kier alpha value is -4.34. The van der Waals surface area contributed by atoms with E-state index in [2.05, 4.69) is 35.2 Å². The van der Waals surface area contributed by atoms with Crippen molar-refractivity contribution < 1.29 is 22.5 Å². The Morgan fingerprint density at radius 2 is 1.95 bits per heavy atom. The maximum absolute atomic E-state index is 13.8. The van der Waals surface area contributed by atoms with Crippen molar-refractivity contribution >= 4 is 33.3 Å². The zero-order valence-electron chi connectivity index (χ0n) is 22.5. The number of rotatable bonds is 5. The normalized spacial score (nSPS) is 16.2. The van der Waals surface area contributed by atoms with Gasteiger partial charge in [-0.3, -0.25) is 4.79 Å². The number of fused-ring (bicyclic) bond motifs is 1. The number of hydrogen-bond acceptors (Lipinski definition) is 10. The van der Waals surface area contributed by atoms with E-state index in [-0.39, 0.29) is 30.0 Å². The molecule has 1 N–H and O–H groups in total. The van der Waals surface area contributed by atoms with Gasteiger partial charge in [0.2, 0.25) is 22.6 Å². The topological polar surface area (TPSA) is 135 Å². The van der Waals surface area contributed by atoms with Gasteiger partial charge in [0.15, 0.2) is 5.82 Å². The van der Waals surface area contributed by atoms with E-state index in [1.165, 1.54) is 0 Å². The molecule has 1 fully saturated rings. The monoisotopic (exact) mass is 586 g/mol. The van der Waals surface area contributed by atoms with Gasteiger partial charge in [-0.1, -0.05) is 16.5 Å². The average Bonchev–Trinajstić information content (AvgIpc) is 3.69. The van der Waals surface area contributed by atoms with Crippen molar-refractivity contribution in [2.45, 2.75) is 46.5 Å². The summed E-state index contributed by atoms with van der Waals surface area (Å²) in [5, 5.41) is 7.55. The summed E-state index contributed by atoms with van der Waals surface area (Å²) < 4.78 is 48.0. The molecule has 41 heavy (non-hydrogen) atoms. The smallest absolute Gasteiger partial charge is 0.358 e. The number of benzene rings is 1. The molecule has 0 unspecified atom stereocenters. The van der Waals surface area contributed by atoms with Crippen molar-refractivity contribution in [3.63, 3.8) is 0 Å². The van der Waals surface area contributed by atoms with Crippen molar-refractivity contribution in [3.8, 4) is 22.9 Å². The number of aromatic nitrogens is 8. The van der Waals surface area contributed by atoms with Crippen LogP contribution in [-0.2, 0) is 17.5 Å². The number of anilines is 1. The van der Waals surface area contributed by atoms with Crippen LogP contribution in [-0.4, -0.2) is 76.3 Å².